The summed E-state index contributed by atoms with van der Waals surface area (Å²) >= 11 is 0. The second kappa shape index (κ2) is 6.45. The zero-order valence-electron chi connectivity index (χ0n) is 12.1. The van der Waals surface area contributed by atoms with E-state index in [2.05, 4.69) is 4.72 Å². The molecule has 124 valence electrons. The number of benzene rings is 1. The number of alkyl halides is 3. The normalized spacial score (nSPS) is 16.2. The number of nitrogens with one attached hydrogen (secondary N) is 1. The summed E-state index contributed by atoms with van der Waals surface area (Å²) in [5.41, 5.74) is 2.00. The molecule has 1 heterocycles. The summed E-state index contributed by atoms with van der Waals surface area (Å²) in [4.78, 5) is 0. The van der Waals surface area contributed by atoms with Crippen LogP contribution in [-0.4, -0.2) is 33.0 Å². The van der Waals surface area contributed by atoms with Gasteiger partial charge in [-0.1, -0.05) is 12.1 Å². The molecule has 0 amide bonds. The van der Waals surface area contributed by atoms with Crippen LogP contribution in [0.15, 0.2) is 18.2 Å². The fraction of sp³-hybridized carbons (Fsp3) is 0.571. The first kappa shape index (κ1) is 17.1. The molecule has 8 heteroatoms. The van der Waals surface area contributed by atoms with Gasteiger partial charge in [-0.05, 0) is 30.5 Å². The van der Waals surface area contributed by atoms with E-state index < -0.39 is 34.4 Å². The van der Waals surface area contributed by atoms with Gasteiger partial charge in [0.05, 0.1) is 18.8 Å². The van der Waals surface area contributed by atoms with Crippen molar-refractivity contribution >= 4 is 10.0 Å². The topological polar surface area (TPSA) is 55.4 Å². The molecule has 1 aliphatic rings. The standard InChI is InChI=1S/C14H18F3NO3S/c1-10(18-22(19,20)7-5-14(15,16)17)8-11-2-3-13-12(9-11)4-6-21-13/h2-3,9-10,18H,4-8H2,1H3/t10-/m0/s1. The Morgan fingerprint density at radius 2 is 2.09 bits per heavy atom. The zero-order valence-corrected chi connectivity index (χ0v) is 12.9. The van der Waals surface area contributed by atoms with Crippen molar-refractivity contribution in [1.82, 2.24) is 4.72 Å². The number of sulfonamides is 1. The van der Waals surface area contributed by atoms with Crippen molar-refractivity contribution in [3.8, 4) is 5.75 Å². The maximum atomic E-state index is 12.1. The average molecular weight is 337 g/mol. The van der Waals surface area contributed by atoms with Crippen LogP contribution in [0.1, 0.15) is 24.5 Å². The second-order valence-corrected chi connectivity index (χ2v) is 7.32. The minimum absolute atomic E-state index is 0.415. The van der Waals surface area contributed by atoms with Crippen LogP contribution in [0.2, 0.25) is 0 Å². The van der Waals surface area contributed by atoms with Gasteiger partial charge in [0.1, 0.15) is 5.75 Å². The van der Waals surface area contributed by atoms with Crippen molar-refractivity contribution in [2.45, 2.75) is 38.4 Å². The highest BCUT2D eigenvalue weighted by Gasteiger charge is 2.30. The van der Waals surface area contributed by atoms with Crippen molar-refractivity contribution in [1.29, 1.82) is 0 Å². The van der Waals surface area contributed by atoms with E-state index in [4.69, 9.17) is 4.74 Å². The summed E-state index contributed by atoms with van der Waals surface area (Å²) < 4.78 is 67.2. The zero-order chi connectivity index (χ0) is 16.4. The molecular formula is C14H18F3NO3S. The van der Waals surface area contributed by atoms with Crippen LogP contribution in [0.25, 0.3) is 0 Å². The summed E-state index contributed by atoms with van der Waals surface area (Å²) in [6.45, 7) is 2.27. The number of fused-ring (bicyclic) bond motifs is 1. The average Bonchev–Trinajstić information content (AvgIpc) is 2.82. The lowest BCUT2D eigenvalue weighted by molar-refractivity contribution is -0.130. The van der Waals surface area contributed by atoms with E-state index in [1.165, 1.54) is 0 Å². The Bertz CT molecular complexity index is 629. The maximum Gasteiger partial charge on any atom is 0.390 e. The third-order valence-electron chi connectivity index (χ3n) is 3.33. The van der Waals surface area contributed by atoms with Crippen molar-refractivity contribution in [3.63, 3.8) is 0 Å². The molecule has 0 saturated carbocycles. The Kier molecular flexibility index (Phi) is 5.01. The highest BCUT2D eigenvalue weighted by Crippen LogP contribution is 2.26. The number of ether oxygens (including phenoxy) is 1. The van der Waals surface area contributed by atoms with Crippen LogP contribution in [0.3, 0.4) is 0 Å². The van der Waals surface area contributed by atoms with E-state index in [1.807, 2.05) is 18.2 Å². The molecule has 1 N–H and O–H groups in total. The van der Waals surface area contributed by atoms with Crippen molar-refractivity contribution < 1.29 is 26.3 Å². The molecule has 22 heavy (non-hydrogen) atoms. The molecule has 1 atom stereocenters. The summed E-state index contributed by atoms with van der Waals surface area (Å²) in [6.07, 6.45) is -4.59. The molecule has 0 radical (unpaired) electrons. The molecule has 0 aromatic heterocycles. The van der Waals surface area contributed by atoms with E-state index >= 15 is 0 Å². The SMILES string of the molecule is C[C@@H](Cc1ccc2c(c1)CCO2)NS(=O)(=O)CCC(F)(F)F. The van der Waals surface area contributed by atoms with E-state index in [0.29, 0.717) is 13.0 Å². The molecule has 0 saturated heterocycles. The third kappa shape index (κ3) is 5.17. The summed E-state index contributed by atoms with van der Waals surface area (Å²) in [7, 11) is -3.94. The van der Waals surface area contributed by atoms with Crippen LogP contribution in [-0.2, 0) is 22.9 Å². The van der Waals surface area contributed by atoms with E-state index in [0.717, 1.165) is 23.3 Å². The predicted octanol–water partition coefficient (Wildman–Crippen LogP) is 2.42. The van der Waals surface area contributed by atoms with E-state index in [9.17, 15) is 21.6 Å². The predicted molar refractivity (Wildman–Crippen MR) is 76.4 cm³/mol. The van der Waals surface area contributed by atoms with Crippen molar-refractivity contribution in [2.75, 3.05) is 12.4 Å². The van der Waals surface area contributed by atoms with Gasteiger partial charge in [-0.2, -0.15) is 13.2 Å². The Labute approximate surface area is 127 Å². The lowest BCUT2D eigenvalue weighted by Gasteiger charge is -2.15. The molecule has 0 spiro atoms. The summed E-state index contributed by atoms with van der Waals surface area (Å²) in [5, 5.41) is 0. The summed E-state index contributed by atoms with van der Waals surface area (Å²) in [6, 6.07) is 5.15. The van der Waals surface area contributed by atoms with Gasteiger partial charge in [0, 0.05) is 12.5 Å². The Balaban J connectivity index is 1.91. The molecule has 0 unspecified atom stereocenters. The van der Waals surface area contributed by atoms with Gasteiger partial charge in [-0.3, -0.25) is 0 Å². The van der Waals surface area contributed by atoms with E-state index in [1.54, 1.807) is 6.92 Å². The molecule has 2 rings (SSSR count). The highest BCUT2D eigenvalue weighted by atomic mass is 32.2. The number of hydrogen-bond donors (Lipinski definition) is 1. The van der Waals surface area contributed by atoms with Crippen molar-refractivity contribution in [3.05, 3.63) is 29.3 Å². The molecule has 0 aliphatic carbocycles. The maximum absolute atomic E-state index is 12.1. The van der Waals surface area contributed by atoms with Crippen LogP contribution >= 0.6 is 0 Å². The molecule has 1 aromatic carbocycles. The van der Waals surface area contributed by atoms with Gasteiger partial charge in [0.2, 0.25) is 10.0 Å². The molecular weight excluding hydrogens is 319 g/mol. The number of halogens is 3. The van der Waals surface area contributed by atoms with Crippen molar-refractivity contribution in [2.24, 2.45) is 0 Å². The largest absolute Gasteiger partial charge is 0.493 e. The van der Waals surface area contributed by atoms with E-state index in [-0.39, 0.29) is 0 Å². The lowest BCUT2D eigenvalue weighted by atomic mass is 10.0. The van der Waals surface area contributed by atoms with Gasteiger partial charge in [0.25, 0.3) is 0 Å². The third-order valence-corrected chi connectivity index (χ3v) is 4.83. The monoisotopic (exact) mass is 337 g/mol. The minimum atomic E-state index is -4.47. The Morgan fingerprint density at radius 3 is 2.77 bits per heavy atom. The van der Waals surface area contributed by atoms with Gasteiger partial charge in [-0.15, -0.1) is 0 Å². The molecule has 4 nitrogen and oxygen atoms in total. The van der Waals surface area contributed by atoms with Gasteiger partial charge >= 0.3 is 6.18 Å². The molecule has 0 bridgehead atoms. The van der Waals surface area contributed by atoms with Crippen LogP contribution in [0, 0.1) is 0 Å². The highest BCUT2D eigenvalue weighted by molar-refractivity contribution is 7.89. The first-order valence-electron chi connectivity index (χ1n) is 6.96. The summed E-state index contributed by atoms with van der Waals surface area (Å²) in [5.74, 6) is -0.110. The fourth-order valence-corrected chi connectivity index (χ4v) is 3.69. The first-order chi connectivity index (χ1) is 10.1. The quantitative estimate of drug-likeness (QED) is 0.867. The minimum Gasteiger partial charge on any atom is -0.493 e. The smallest absolute Gasteiger partial charge is 0.390 e. The number of rotatable bonds is 6. The van der Waals surface area contributed by atoms with Gasteiger partial charge in [-0.25, -0.2) is 13.1 Å². The first-order valence-corrected chi connectivity index (χ1v) is 8.61. The van der Waals surface area contributed by atoms with Gasteiger partial charge < -0.3 is 4.74 Å². The Morgan fingerprint density at radius 1 is 1.36 bits per heavy atom. The van der Waals surface area contributed by atoms with Crippen LogP contribution < -0.4 is 9.46 Å². The fourth-order valence-electron chi connectivity index (χ4n) is 2.38. The van der Waals surface area contributed by atoms with Crippen LogP contribution in [0.4, 0.5) is 13.2 Å². The Hall–Kier alpha value is -1.28. The van der Waals surface area contributed by atoms with Gasteiger partial charge in [0.15, 0.2) is 0 Å². The molecule has 1 aromatic rings. The molecule has 1 aliphatic heterocycles. The van der Waals surface area contributed by atoms with Crippen LogP contribution in [0.5, 0.6) is 5.75 Å². The lowest BCUT2D eigenvalue weighted by Crippen LogP contribution is -2.36. The number of hydrogen-bond acceptors (Lipinski definition) is 3. The molecule has 0 fully saturated rings. The second-order valence-electron chi connectivity index (χ2n) is 5.45.